The number of unbranched alkanes of at least 4 members (excludes halogenated alkanes) is 1. The minimum atomic E-state index is -0.928. The molecule has 2 aromatic rings. The van der Waals surface area contributed by atoms with Gasteiger partial charge in [0, 0.05) is 44.1 Å². The van der Waals surface area contributed by atoms with E-state index in [1.807, 2.05) is 37.3 Å². The molecule has 2 fully saturated rings. The maximum absolute atomic E-state index is 13.5. The van der Waals surface area contributed by atoms with Gasteiger partial charge in [-0.05, 0) is 56.2 Å². The van der Waals surface area contributed by atoms with Gasteiger partial charge < -0.3 is 25.2 Å². The van der Waals surface area contributed by atoms with Crippen molar-refractivity contribution in [1.29, 1.82) is 0 Å². The Morgan fingerprint density at radius 3 is 2.49 bits per heavy atom. The van der Waals surface area contributed by atoms with Crippen LogP contribution in [0.2, 0.25) is 0 Å². The molecule has 0 saturated carbocycles. The summed E-state index contributed by atoms with van der Waals surface area (Å²) in [7, 11) is 0. The first-order valence-electron chi connectivity index (χ1n) is 13.7. The summed E-state index contributed by atoms with van der Waals surface area (Å²) in [6.07, 6.45) is 6.06. The van der Waals surface area contributed by atoms with E-state index in [1.54, 1.807) is 34.3 Å². The smallest absolute Gasteiger partial charge is 0.407 e. The second kappa shape index (κ2) is 13.2. The second-order valence-corrected chi connectivity index (χ2v) is 10.1. The number of alkyl carbamates (subject to hydrolysis) is 1. The predicted octanol–water partition coefficient (Wildman–Crippen LogP) is 2.89. The molecule has 4 amide bonds. The summed E-state index contributed by atoms with van der Waals surface area (Å²) in [5.41, 5.74) is 0.553. The summed E-state index contributed by atoms with van der Waals surface area (Å²) in [6, 6.07) is 12.2. The standard InChI is InChI=1S/C29H37N5O5/c1-2-18-34-26(36)24(10-6-7-15-31-28(38)39-21-22-8-4-3-5-9-22)32-27(37)29(34)13-19-33(20-14-29)25(35)23-11-16-30-17-12-23/h3-5,8-9,11-12,16-17,24H,2,6-7,10,13-15,18-21H2,1H3,(H,31,38)(H,32,37)/t24-/m0/s1. The Morgan fingerprint density at radius 2 is 1.79 bits per heavy atom. The van der Waals surface area contributed by atoms with Crippen molar-refractivity contribution < 1.29 is 23.9 Å². The molecule has 2 aliphatic rings. The van der Waals surface area contributed by atoms with Crippen LogP contribution in [0.4, 0.5) is 4.79 Å². The Hall–Kier alpha value is -3.95. The Labute approximate surface area is 229 Å². The van der Waals surface area contributed by atoms with E-state index in [0.29, 0.717) is 63.8 Å². The number of aromatic nitrogens is 1. The van der Waals surface area contributed by atoms with Gasteiger partial charge in [0.25, 0.3) is 5.91 Å². The fourth-order valence-electron chi connectivity index (χ4n) is 5.31. The van der Waals surface area contributed by atoms with Gasteiger partial charge >= 0.3 is 6.09 Å². The fourth-order valence-corrected chi connectivity index (χ4v) is 5.31. The highest BCUT2D eigenvalue weighted by molar-refractivity contribution is 6.00. The van der Waals surface area contributed by atoms with Crippen LogP contribution in [-0.4, -0.2) is 76.4 Å². The van der Waals surface area contributed by atoms with Crippen LogP contribution >= 0.6 is 0 Å². The van der Waals surface area contributed by atoms with Crippen molar-refractivity contribution in [2.75, 3.05) is 26.2 Å². The van der Waals surface area contributed by atoms with Crippen LogP contribution in [0.25, 0.3) is 0 Å². The van der Waals surface area contributed by atoms with Crippen LogP contribution in [-0.2, 0) is 20.9 Å². The fraction of sp³-hybridized carbons (Fsp3) is 0.483. The van der Waals surface area contributed by atoms with Crippen molar-refractivity contribution in [2.24, 2.45) is 0 Å². The number of ether oxygens (including phenoxy) is 1. The largest absolute Gasteiger partial charge is 0.445 e. The predicted molar refractivity (Wildman–Crippen MR) is 145 cm³/mol. The lowest BCUT2D eigenvalue weighted by molar-refractivity contribution is -0.161. The molecule has 10 heteroatoms. The monoisotopic (exact) mass is 535 g/mol. The average Bonchev–Trinajstić information content (AvgIpc) is 2.97. The Morgan fingerprint density at radius 1 is 1.08 bits per heavy atom. The molecule has 2 saturated heterocycles. The third-order valence-electron chi connectivity index (χ3n) is 7.46. The van der Waals surface area contributed by atoms with Gasteiger partial charge in [0.05, 0.1) is 0 Å². The molecule has 2 aliphatic heterocycles. The number of piperazine rings is 1. The van der Waals surface area contributed by atoms with Gasteiger partial charge in [-0.1, -0.05) is 37.3 Å². The summed E-state index contributed by atoms with van der Waals surface area (Å²) in [5, 5.41) is 5.71. The number of hydrogen-bond donors (Lipinski definition) is 2. The molecule has 1 aromatic heterocycles. The molecule has 39 heavy (non-hydrogen) atoms. The van der Waals surface area contributed by atoms with Gasteiger partial charge in [0.15, 0.2) is 0 Å². The maximum Gasteiger partial charge on any atom is 0.407 e. The number of rotatable bonds is 10. The molecule has 1 aromatic carbocycles. The zero-order chi connectivity index (χ0) is 27.7. The van der Waals surface area contributed by atoms with Gasteiger partial charge in [-0.25, -0.2) is 4.79 Å². The van der Waals surface area contributed by atoms with Crippen LogP contribution in [0.5, 0.6) is 0 Å². The van der Waals surface area contributed by atoms with E-state index in [1.165, 1.54) is 0 Å². The normalized spacial score (nSPS) is 18.5. The molecule has 3 heterocycles. The quantitative estimate of drug-likeness (QED) is 0.452. The van der Waals surface area contributed by atoms with Crippen molar-refractivity contribution in [3.05, 3.63) is 66.0 Å². The number of piperidine rings is 1. The molecule has 4 rings (SSSR count). The molecule has 0 unspecified atom stereocenters. The van der Waals surface area contributed by atoms with Crippen LogP contribution in [0.15, 0.2) is 54.9 Å². The lowest BCUT2D eigenvalue weighted by Gasteiger charge is -2.51. The zero-order valence-electron chi connectivity index (χ0n) is 22.4. The maximum atomic E-state index is 13.5. The third kappa shape index (κ3) is 6.74. The lowest BCUT2D eigenvalue weighted by Crippen LogP contribution is -2.73. The number of nitrogens with one attached hydrogen (secondary N) is 2. The van der Waals surface area contributed by atoms with Crippen molar-refractivity contribution in [3.63, 3.8) is 0 Å². The summed E-state index contributed by atoms with van der Waals surface area (Å²) in [4.78, 5) is 59.2. The minimum Gasteiger partial charge on any atom is -0.445 e. The average molecular weight is 536 g/mol. The number of likely N-dealkylation sites (tertiary alicyclic amines) is 1. The van der Waals surface area contributed by atoms with E-state index < -0.39 is 17.7 Å². The molecule has 208 valence electrons. The summed E-state index contributed by atoms with van der Waals surface area (Å²) >= 11 is 0. The van der Waals surface area contributed by atoms with Crippen LogP contribution < -0.4 is 10.6 Å². The van der Waals surface area contributed by atoms with Gasteiger partial charge in [-0.15, -0.1) is 0 Å². The minimum absolute atomic E-state index is 0.0689. The van der Waals surface area contributed by atoms with Gasteiger partial charge in [0.1, 0.15) is 18.2 Å². The number of carbonyl (C=O) groups is 4. The summed E-state index contributed by atoms with van der Waals surface area (Å²) < 4.78 is 5.21. The van der Waals surface area contributed by atoms with Gasteiger partial charge in [0.2, 0.25) is 11.8 Å². The first-order valence-corrected chi connectivity index (χ1v) is 13.7. The topological polar surface area (TPSA) is 121 Å². The molecular weight excluding hydrogens is 498 g/mol. The van der Waals surface area contributed by atoms with Crippen LogP contribution in [0, 0.1) is 0 Å². The van der Waals surface area contributed by atoms with E-state index >= 15 is 0 Å². The first-order chi connectivity index (χ1) is 18.9. The molecule has 1 spiro atoms. The number of nitrogens with zero attached hydrogens (tertiary/aromatic N) is 3. The number of carbonyl (C=O) groups excluding carboxylic acids is 4. The highest BCUT2D eigenvalue weighted by atomic mass is 16.5. The molecule has 2 N–H and O–H groups in total. The van der Waals surface area contributed by atoms with Crippen molar-refractivity contribution >= 4 is 23.8 Å². The van der Waals surface area contributed by atoms with Gasteiger partial charge in [-0.2, -0.15) is 0 Å². The van der Waals surface area contributed by atoms with E-state index in [-0.39, 0.29) is 24.3 Å². The molecular formula is C29H37N5O5. The number of amides is 4. The molecule has 0 aliphatic carbocycles. The molecule has 0 bridgehead atoms. The Balaban J connectivity index is 1.25. The number of hydrogen-bond acceptors (Lipinski definition) is 6. The zero-order valence-corrected chi connectivity index (χ0v) is 22.4. The van der Waals surface area contributed by atoms with Crippen molar-refractivity contribution in [1.82, 2.24) is 25.4 Å². The molecule has 1 atom stereocenters. The molecule has 10 nitrogen and oxygen atoms in total. The van der Waals surface area contributed by atoms with Crippen molar-refractivity contribution in [3.8, 4) is 0 Å². The highest BCUT2D eigenvalue weighted by Gasteiger charge is 2.53. The SMILES string of the molecule is CCCN1C(=O)[C@H](CCCCNC(=O)OCc2ccccc2)NC(=O)C12CCN(C(=O)c1ccncc1)CC2. The summed E-state index contributed by atoms with van der Waals surface area (Å²) in [6.45, 7) is 3.92. The van der Waals surface area contributed by atoms with Crippen LogP contribution in [0.1, 0.15) is 61.4 Å². The summed E-state index contributed by atoms with van der Waals surface area (Å²) in [5.74, 6) is -0.299. The van der Waals surface area contributed by atoms with Crippen LogP contribution in [0.3, 0.4) is 0 Å². The lowest BCUT2D eigenvalue weighted by atomic mass is 9.81. The third-order valence-corrected chi connectivity index (χ3v) is 7.46. The number of benzene rings is 1. The first kappa shape index (κ1) is 28.1. The highest BCUT2D eigenvalue weighted by Crippen LogP contribution is 2.34. The van der Waals surface area contributed by atoms with Gasteiger partial charge in [-0.3, -0.25) is 19.4 Å². The van der Waals surface area contributed by atoms with E-state index in [4.69, 9.17) is 4.74 Å². The van der Waals surface area contributed by atoms with E-state index in [2.05, 4.69) is 15.6 Å². The Kier molecular flexibility index (Phi) is 9.51. The van der Waals surface area contributed by atoms with E-state index in [0.717, 1.165) is 12.0 Å². The Bertz CT molecular complexity index is 1140. The molecule has 0 radical (unpaired) electrons. The number of pyridine rings is 1. The van der Waals surface area contributed by atoms with Crippen molar-refractivity contribution in [2.45, 2.75) is 63.6 Å². The van der Waals surface area contributed by atoms with E-state index in [9.17, 15) is 19.2 Å². The second-order valence-electron chi connectivity index (χ2n) is 10.1.